The van der Waals surface area contributed by atoms with Crippen LogP contribution in [0.3, 0.4) is 0 Å². The Morgan fingerprint density at radius 1 is 1.32 bits per heavy atom. The van der Waals surface area contributed by atoms with Gasteiger partial charge in [0.1, 0.15) is 5.82 Å². The standard InChI is InChI=1S/C15H21FN2O/c1-18(13-8-6-12(16)7-9-13)15(19)14-5-3-2-4-11(14)10-17/h6-9,11,14H,2-5,10,17H2,1H3. The highest BCUT2D eigenvalue weighted by molar-refractivity contribution is 5.94. The van der Waals surface area contributed by atoms with Crippen LogP contribution in [0, 0.1) is 17.7 Å². The summed E-state index contributed by atoms with van der Waals surface area (Å²) in [7, 11) is 1.75. The Morgan fingerprint density at radius 2 is 1.95 bits per heavy atom. The van der Waals surface area contributed by atoms with E-state index in [2.05, 4.69) is 0 Å². The molecule has 1 amide bonds. The molecule has 1 fully saturated rings. The van der Waals surface area contributed by atoms with E-state index < -0.39 is 0 Å². The van der Waals surface area contributed by atoms with Gasteiger partial charge in [-0.05, 0) is 49.6 Å². The van der Waals surface area contributed by atoms with E-state index in [1.807, 2.05) is 0 Å². The molecule has 1 aromatic rings. The highest BCUT2D eigenvalue weighted by Gasteiger charge is 2.32. The van der Waals surface area contributed by atoms with Crippen LogP contribution in [0.4, 0.5) is 10.1 Å². The van der Waals surface area contributed by atoms with Crippen LogP contribution in [0.25, 0.3) is 0 Å². The van der Waals surface area contributed by atoms with Crippen molar-refractivity contribution < 1.29 is 9.18 Å². The highest BCUT2D eigenvalue weighted by atomic mass is 19.1. The number of benzene rings is 1. The van der Waals surface area contributed by atoms with Crippen molar-refractivity contribution in [3.8, 4) is 0 Å². The second kappa shape index (κ2) is 6.15. The van der Waals surface area contributed by atoms with Gasteiger partial charge in [-0.25, -0.2) is 4.39 Å². The van der Waals surface area contributed by atoms with E-state index in [1.54, 1.807) is 24.1 Å². The molecular formula is C15H21FN2O. The fourth-order valence-electron chi connectivity index (χ4n) is 2.86. The Morgan fingerprint density at radius 3 is 2.58 bits per heavy atom. The quantitative estimate of drug-likeness (QED) is 0.912. The van der Waals surface area contributed by atoms with Gasteiger partial charge in [-0.2, -0.15) is 0 Å². The smallest absolute Gasteiger partial charge is 0.230 e. The molecule has 0 heterocycles. The molecular weight excluding hydrogens is 243 g/mol. The minimum atomic E-state index is -0.290. The molecule has 1 aliphatic carbocycles. The number of amides is 1. The van der Waals surface area contributed by atoms with Crippen LogP contribution in [-0.4, -0.2) is 19.5 Å². The van der Waals surface area contributed by atoms with Crippen LogP contribution < -0.4 is 10.6 Å². The number of hydrogen-bond acceptors (Lipinski definition) is 2. The first-order valence-electron chi connectivity index (χ1n) is 6.86. The van der Waals surface area contributed by atoms with E-state index in [0.717, 1.165) is 31.4 Å². The number of carbonyl (C=O) groups excluding carboxylic acids is 1. The van der Waals surface area contributed by atoms with Crippen LogP contribution in [0.5, 0.6) is 0 Å². The molecule has 104 valence electrons. The maximum atomic E-state index is 12.9. The molecule has 0 aliphatic heterocycles. The zero-order valence-electron chi connectivity index (χ0n) is 11.3. The number of carbonyl (C=O) groups is 1. The van der Waals surface area contributed by atoms with Gasteiger partial charge in [0.25, 0.3) is 0 Å². The minimum absolute atomic E-state index is 0.00815. The SMILES string of the molecule is CN(C(=O)C1CCCCC1CN)c1ccc(F)cc1. The van der Waals surface area contributed by atoms with E-state index in [4.69, 9.17) is 5.73 Å². The van der Waals surface area contributed by atoms with E-state index in [0.29, 0.717) is 6.54 Å². The molecule has 0 spiro atoms. The third kappa shape index (κ3) is 3.13. The lowest BCUT2D eigenvalue weighted by molar-refractivity contribution is -0.124. The first-order valence-corrected chi connectivity index (χ1v) is 6.86. The third-order valence-electron chi connectivity index (χ3n) is 4.07. The number of rotatable bonds is 3. The monoisotopic (exact) mass is 264 g/mol. The number of hydrogen-bond donors (Lipinski definition) is 1. The molecule has 0 aromatic heterocycles. The predicted molar refractivity (Wildman–Crippen MR) is 74.3 cm³/mol. The Labute approximate surface area is 113 Å². The van der Waals surface area contributed by atoms with Crippen LogP contribution in [0.1, 0.15) is 25.7 Å². The highest BCUT2D eigenvalue weighted by Crippen LogP contribution is 2.31. The topological polar surface area (TPSA) is 46.3 Å². The van der Waals surface area contributed by atoms with Gasteiger partial charge < -0.3 is 10.6 Å². The van der Waals surface area contributed by atoms with Gasteiger partial charge in [0.05, 0.1) is 0 Å². The number of nitrogens with zero attached hydrogens (tertiary/aromatic N) is 1. The van der Waals surface area contributed by atoms with E-state index in [1.165, 1.54) is 12.1 Å². The summed E-state index contributed by atoms with van der Waals surface area (Å²) < 4.78 is 12.9. The number of anilines is 1. The maximum Gasteiger partial charge on any atom is 0.230 e. The average Bonchev–Trinajstić information content (AvgIpc) is 2.46. The summed E-state index contributed by atoms with van der Waals surface area (Å²) in [6.45, 7) is 0.563. The fraction of sp³-hybridized carbons (Fsp3) is 0.533. The van der Waals surface area contributed by atoms with Crippen molar-refractivity contribution in [3.05, 3.63) is 30.1 Å². The second-order valence-corrected chi connectivity index (χ2v) is 5.26. The summed E-state index contributed by atoms with van der Waals surface area (Å²) >= 11 is 0. The molecule has 2 unspecified atom stereocenters. The lowest BCUT2D eigenvalue weighted by Crippen LogP contribution is -2.40. The molecule has 3 nitrogen and oxygen atoms in total. The minimum Gasteiger partial charge on any atom is -0.330 e. The zero-order valence-corrected chi connectivity index (χ0v) is 11.3. The Hall–Kier alpha value is -1.42. The zero-order chi connectivity index (χ0) is 13.8. The van der Waals surface area contributed by atoms with Gasteiger partial charge >= 0.3 is 0 Å². The molecule has 0 bridgehead atoms. The van der Waals surface area contributed by atoms with Crippen molar-refractivity contribution in [2.24, 2.45) is 17.6 Å². The summed E-state index contributed by atoms with van der Waals surface area (Å²) in [5.41, 5.74) is 6.50. The molecule has 4 heteroatoms. The Kier molecular flexibility index (Phi) is 4.53. The number of nitrogens with two attached hydrogens (primary N) is 1. The van der Waals surface area contributed by atoms with Crippen molar-refractivity contribution in [2.45, 2.75) is 25.7 Å². The fourth-order valence-corrected chi connectivity index (χ4v) is 2.86. The Balaban J connectivity index is 2.11. The van der Waals surface area contributed by atoms with E-state index in [9.17, 15) is 9.18 Å². The van der Waals surface area contributed by atoms with E-state index >= 15 is 0 Å². The summed E-state index contributed by atoms with van der Waals surface area (Å²) in [4.78, 5) is 14.2. The van der Waals surface area contributed by atoms with Crippen molar-refractivity contribution in [3.63, 3.8) is 0 Å². The van der Waals surface area contributed by atoms with Gasteiger partial charge in [-0.3, -0.25) is 4.79 Å². The molecule has 1 aliphatic rings. The maximum absolute atomic E-state index is 12.9. The van der Waals surface area contributed by atoms with Gasteiger partial charge in [0.15, 0.2) is 0 Å². The molecule has 1 saturated carbocycles. The Bertz CT molecular complexity index is 432. The molecule has 0 saturated heterocycles. The van der Waals surface area contributed by atoms with Crippen molar-refractivity contribution in [1.29, 1.82) is 0 Å². The average molecular weight is 264 g/mol. The lowest BCUT2D eigenvalue weighted by atomic mass is 9.78. The van der Waals surface area contributed by atoms with Gasteiger partial charge in [-0.1, -0.05) is 12.8 Å². The van der Waals surface area contributed by atoms with Crippen LogP contribution in [0.2, 0.25) is 0 Å². The van der Waals surface area contributed by atoms with E-state index in [-0.39, 0.29) is 23.6 Å². The van der Waals surface area contributed by atoms with Gasteiger partial charge in [0.2, 0.25) is 5.91 Å². The second-order valence-electron chi connectivity index (χ2n) is 5.26. The molecule has 19 heavy (non-hydrogen) atoms. The molecule has 2 atom stereocenters. The summed E-state index contributed by atoms with van der Waals surface area (Å²) in [5.74, 6) is 0.0989. The van der Waals surface area contributed by atoms with Crippen molar-refractivity contribution >= 4 is 11.6 Å². The first kappa shape index (κ1) is 14.0. The predicted octanol–water partition coefficient (Wildman–Crippen LogP) is 2.55. The van der Waals surface area contributed by atoms with Crippen LogP contribution in [0.15, 0.2) is 24.3 Å². The van der Waals surface area contributed by atoms with Crippen molar-refractivity contribution in [1.82, 2.24) is 0 Å². The summed E-state index contributed by atoms with van der Waals surface area (Å²) in [6.07, 6.45) is 4.19. The third-order valence-corrected chi connectivity index (χ3v) is 4.07. The lowest BCUT2D eigenvalue weighted by Gasteiger charge is -2.32. The normalized spacial score (nSPS) is 23.1. The van der Waals surface area contributed by atoms with Crippen molar-refractivity contribution in [2.75, 3.05) is 18.5 Å². The molecule has 2 rings (SSSR count). The summed E-state index contributed by atoms with van der Waals surface area (Å²) in [5, 5.41) is 0. The summed E-state index contributed by atoms with van der Waals surface area (Å²) in [6, 6.07) is 6.02. The van der Waals surface area contributed by atoms with Gasteiger partial charge in [-0.15, -0.1) is 0 Å². The van der Waals surface area contributed by atoms with Crippen LogP contribution >= 0.6 is 0 Å². The molecule has 1 aromatic carbocycles. The first-order chi connectivity index (χ1) is 9.13. The number of halogens is 1. The molecule has 0 radical (unpaired) electrons. The largest absolute Gasteiger partial charge is 0.330 e. The molecule has 2 N–H and O–H groups in total. The van der Waals surface area contributed by atoms with Gasteiger partial charge in [0, 0.05) is 18.7 Å². The van der Waals surface area contributed by atoms with Crippen LogP contribution in [-0.2, 0) is 4.79 Å².